The number of esters is 1. The molecule has 0 amide bonds. The average Bonchev–Trinajstić information content (AvgIpc) is 2.34. The van der Waals surface area contributed by atoms with Gasteiger partial charge in [0.05, 0.1) is 0 Å². The number of halogens is 3. The van der Waals surface area contributed by atoms with Crippen LogP contribution in [-0.2, 0) is 14.8 Å². The standard InChI is InChI=1S/C12H14F3NO4S/c1-8(7-16-21(18,19)12(13,14)15)10-5-3-4-6-11(10)20-9(2)17/h3-6,8,16H,7H2,1-2H3. The number of para-hydroxylation sites is 1. The lowest BCUT2D eigenvalue weighted by Gasteiger charge is -2.17. The lowest BCUT2D eigenvalue weighted by Crippen LogP contribution is -2.38. The first kappa shape index (κ1) is 17.4. The van der Waals surface area contributed by atoms with E-state index in [2.05, 4.69) is 0 Å². The monoisotopic (exact) mass is 325 g/mol. The minimum absolute atomic E-state index is 0.184. The van der Waals surface area contributed by atoms with E-state index in [1.165, 1.54) is 24.6 Å². The van der Waals surface area contributed by atoms with Crippen LogP contribution in [0.1, 0.15) is 25.3 Å². The largest absolute Gasteiger partial charge is 0.511 e. The number of rotatable bonds is 5. The molecule has 1 atom stereocenters. The highest BCUT2D eigenvalue weighted by Crippen LogP contribution is 2.27. The van der Waals surface area contributed by atoms with Gasteiger partial charge in [-0.15, -0.1) is 0 Å². The first-order valence-corrected chi connectivity index (χ1v) is 7.36. The van der Waals surface area contributed by atoms with Crippen LogP contribution in [0.4, 0.5) is 13.2 Å². The molecule has 0 saturated heterocycles. The van der Waals surface area contributed by atoms with Crippen LogP contribution in [-0.4, -0.2) is 26.4 Å². The fourth-order valence-electron chi connectivity index (χ4n) is 1.56. The third-order valence-corrected chi connectivity index (χ3v) is 3.74. The van der Waals surface area contributed by atoms with Crippen molar-refractivity contribution >= 4 is 16.0 Å². The molecule has 1 unspecified atom stereocenters. The van der Waals surface area contributed by atoms with Crippen LogP contribution in [0.2, 0.25) is 0 Å². The molecule has 5 nitrogen and oxygen atoms in total. The van der Waals surface area contributed by atoms with Gasteiger partial charge in [-0.1, -0.05) is 25.1 Å². The summed E-state index contributed by atoms with van der Waals surface area (Å²) < 4.78 is 64.9. The van der Waals surface area contributed by atoms with Gasteiger partial charge in [-0.05, 0) is 17.5 Å². The van der Waals surface area contributed by atoms with Crippen molar-refractivity contribution in [3.05, 3.63) is 29.8 Å². The van der Waals surface area contributed by atoms with Gasteiger partial charge in [0.15, 0.2) is 0 Å². The number of sulfonamides is 1. The van der Waals surface area contributed by atoms with Crippen molar-refractivity contribution in [2.24, 2.45) is 0 Å². The SMILES string of the molecule is CC(=O)Oc1ccccc1C(C)CNS(=O)(=O)C(F)(F)F. The number of ether oxygens (including phenoxy) is 1. The van der Waals surface area contributed by atoms with Crippen molar-refractivity contribution in [1.29, 1.82) is 0 Å². The molecule has 0 aromatic heterocycles. The third-order valence-electron chi connectivity index (χ3n) is 2.59. The molecule has 0 aliphatic rings. The van der Waals surface area contributed by atoms with Crippen LogP contribution in [0.3, 0.4) is 0 Å². The van der Waals surface area contributed by atoms with E-state index >= 15 is 0 Å². The van der Waals surface area contributed by atoms with E-state index in [0.29, 0.717) is 5.56 Å². The number of hydrogen-bond acceptors (Lipinski definition) is 4. The molecule has 0 heterocycles. The summed E-state index contributed by atoms with van der Waals surface area (Å²) in [5, 5.41) is 0. The fraction of sp³-hybridized carbons (Fsp3) is 0.417. The van der Waals surface area contributed by atoms with Gasteiger partial charge in [0.1, 0.15) is 5.75 Å². The molecule has 0 spiro atoms. The maximum Gasteiger partial charge on any atom is 0.511 e. The second kappa shape index (κ2) is 6.44. The number of hydrogen-bond donors (Lipinski definition) is 1. The number of alkyl halides is 3. The summed E-state index contributed by atoms with van der Waals surface area (Å²) in [6.07, 6.45) is 0. The molecule has 1 aromatic rings. The van der Waals surface area contributed by atoms with E-state index in [1.54, 1.807) is 18.2 Å². The van der Waals surface area contributed by atoms with Gasteiger partial charge in [0.2, 0.25) is 0 Å². The zero-order valence-electron chi connectivity index (χ0n) is 11.3. The summed E-state index contributed by atoms with van der Waals surface area (Å²) in [5.41, 5.74) is -4.93. The second-order valence-electron chi connectivity index (χ2n) is 4.33. The van der Waals surface area contributed by atoms with Crippen molar-refractivity contribution in [3.63, 3.8) is 0 Å². The summed E-state index contributed by atoms with van der Waals surface area (Å²) in [7, 11) is -5.39. The average molecular weight is 325 g/mol. The summed E-state index contributed by atoms with van der Waals surface area (Å²) >= 11 is 0. The van der Waals surface area contributed by atoms with Crippen LogP contribution in [0.25, 0.3) is 0 Å². The Morgan fingerprint density at radius 1 is 1.33 bits per heavy atom. The van der Waals surface area contributed by atoms with Crippen molar-refractivity contribution < 1.29 is 31.1 Å². The van der Waals surface area contributed by atoms with Gasteiger partial charge in [-0.3, -0.25) is 4.79 Å². The molecular weight excluding hydrogens is 311 g/mol. The summed E-state index contributed by atoms with van der Waals surface area (Å²) in [5.74, 6) is -1.01. The van der Waals surface area contributed by atoms with E-state index in [9.17, 15) is 26.4 Å². The Morgan fingerprint density at radius 2 is 1.90 bits per heavy atom. The Balaban J connectivity index is 2.86. The zero-order valence-corrected chi connectivity index (χ0v) is 12.1. The lowest BCUT2D eigenvalue weighted by atomic mass is 10.0. The Labute approximate surface area is 120 Å². The molecule has 9 heteroatoms. The summed E-state index contributed by atoms with van der Waals surface area (Å²) in [6, 6.07) is 6.22. The van der Waals surface area contributed by atoms with Crippen LogP contribution in [0, 0.1) is 0 Å². The Hall–Kier alpha value is -1.61. The lowest BCUT2D eigenvalue weighted by molar-refractivity contribution is -0.131. The molecule has 118 valence electrons. The highest BCUT2D eigenvalue weighted by atomic mass is 32.2. The summed E-state index contributed by atoms with van der Waals surface area (Å²) in [4.78, 5) is 11.0. The number of nitrogens with one attached hydrogen (secondary N) is 1. The molecule has 21 heavy (non-hydrogen) atoms. The van der Waals surface area contributed by atoms with Gasteiger partial charge in [0, 0.05) is 13.5 Å². The molecule has 0 radical (unpaired) electrons. The quantitative estimate of drug-likeness (QED) is 0.665. The topological polar surface area (TPSA) is 72.5 Å². The van der Waals surface area contributed by atoms with Gasteiger partial charge < -0.3 is 4.74 Å². The first-order valence-electron chi connectivity index (χ1n) is 5.88. The highest BCUT2D eigenvalue weighted by molar-refractivity contribution is 7.90. The van der Waals surface area contributed by atoms with Gasteiger partial charge in [-0.25, -0.2) is 13.1 Å². The normalized spacial score (nSPS) is 13.8. The molecule has 0 aliphatic carbocycles. The van der Waals surface area contributed by atoms with Crippen molar-refractivity contribution in [2.75, 3.05) is 6.54 Å². The van der Waals surface area contributed by atoms with Crippen molar-refractivity contribution in [1.82, 2.24) is 4.72 Å². The van der Waals surface area contributed by atoms with Gasteiger partial charge in [0.25, 0.3) is 0 Å². The van der Waals surface area contributed by atoms with Gasteiger partial charge in [-0.2, -0.15) is 13.2 Å². The number of carbonyl (C=O) groups is 1. The third kappa shape index (κ3) is 4.71. The van der Waals surface area contributed by atoms with Crippen molar-refractivity contribution in [2.45, 2.75) is 25.3 Å². The molecule has 0 saturated carbocycles. The highest BCUT2D eigenvalue weighted by Gasteiger charge is 2.45. The van der Waals surface area contributed by atoms with E-state index in [-0.39, 0.29) is 5.75 Å². The zero-order chi connectivity index (χ0) is 16.3. The minimum Gasteiger partial charge on any atom is -0.426 e. The number of benzene rings is 1. The first-order chi connectivity index (χ1) is 9.54. The molecule has 0 fully saturated rings. The van der Waals surface area contributed by atoms with Crippen LogP contribution < -0.4 is 9.46 Å². The second-order valence-corrected chi connectivity index (χ2v) is 6.09. The van der Waals surface area contributed by atoms with E-state index < -0.39 is 34.0 Å². The summed E-state index contributed by atoms with van der Waals surface area (Å²) in [6.45, 7) is 2.23. The smallest absolute Gasteiger partial charge is 0.426 e. The maximum atomic E-state index is 12.2. The van der Waals surface area contributed by atoms with Crippen molar-refractivity contribution in [3.8, 4) is 5.75 Å². The number of carbonyl (C=O) groups excluding carboxylic acids is 1. The van der Waals surface area contributed by atoms with E-state index in [4.69, 9.17) is 4.74 Å². The van der Waals surface area contributed by atoms with E-state index in [1.807, 2.05) is 0 Å². The molecule has 1 N–H and O–H groups in total. The van der Waals surface area contributed by atoms with E-state index in [0.717, 1.165) is 0 Å². The Kier molecular flexibility index (Phi) is 5.35. The molecule has 0 aliphatic heterocycles. The Morgan fingerprint density at radius 3 is 2.43 bits per heavy atom. The van der Waals surface area contributed by atoms with Crippen LogP contribution in [0.15, 0.2) is 24.3 Å². The van der Waals surface area contributed by atoms with Crippen LogP contribution >= 0.6 is 0 Å². The molecular formula is C12H14F3NO4S. The molecule has 1 aromatic carbocycles. The fourth-order valence-corrected chi connectivity index (χ4v) is 2.20. The Bertz CT molecular complexity index is 613. The predicted octanol–water partition coefficient (Wildman–Crippen LogP) is 2.15. The molecule has 1 rings (SSSR count). The maximum absolute atomic E-state index is 12.2. The minimum atomic E-state index is -5.39. The predicted molar refractivity (Wildman–Crippen MR) is 69.1 cm³/mol. The van der Waals surface area contributed by atoms with Gasteiger partial charge >= 0.3 is 21.5 Å². The van der Waals surface area contributed by atoms with Crippen LogP contribution in [0.5, 0.6) is 5.75 Å². The molecule has 0 bridgehead atoms.